The van der Waals surface area contributed by atoms with Crippen molar-refractivity contribution in [2.24, 2.45) is 5.92 Å². The Hall–Kier alpha value is -1.06. The molecule has 1 aliphatic rings. The largest absolute Gasteiger partial charge is 0.508 e. The Bertz CT molecular complexity index is 381. The number of rotatable bonds is 4. The molecule has 3 nitrogen and oxygen atoms in total. The fraction of sp³-hybridized carbons (Fsp3) is 0.600. The molecule has 0 amide bonds. The lowest BCUT2D eigenvalue weighted by molar-refractivity contribution is 0.0684. The van der Waals surface area contributed by atoms with E-state index in [2.05, 4.69) is 5.32 Å². The molecule has 1 saturated carbocycles. The molecule has 0 spiro atoms. The number of phenolic OH excluding ortho intramolecular Hbond substituents is 1. The summed E-state index contributed by atoms with van der Waals surface area (Å²) in [6, 6.07) is 7.52. The molecule has 0 aromatic heterocycles. The minimum absolute atomic E-state index is 0.111. The summed E-state index contributed by atoms with van der Waals surface area (Å²) in [5.74, 6) is 0.689. The van der Waals surface area contributed by atoms with Crippen LogP contribution in [0.2, 0.25) is 0 Å². The van der Waals surface area contributed by atoms with Crippen molar-refractivity contribution in [3.05, 3.63) is 29.8 Å². The van der Waals surface area contributed by atoms with Crippen LogP contribution in [0.25, 0.3) is 0 Å². The molecule has 1 aromatic rings. The predicted molar refractivity (Wildman–Crippen MR) is 72.5 cm³/mol. The molecule has 1 aliphatic carbocycles. The van der Waals surface area contributed by atoms with Gasteiger partial charge in [0, 0.05) is 18.2 Å². The van der Waals surface area contributed by atoms with Gasteiger partial charge in [-0.25, -0.2) is 0 Å². The number of aromatic hydroxyl groups is 1. The summed E-state index contributed by atoms with van der Waals surface area (Å²) in [6.45, 7) is 2.86. The van der Waals surface area contributed by atoms with E-state index in [9.17, 15) is 10.2 Å². The maximum absolute atomic E-state index is 9.92. The van der Waals surface area contributed by atoms with E-state index in [1.165, 1.54) is 6.42 Å². The summed E-state index contributed by atoms with van der Waals surface area (Å²) >= 11 is 0. The van der Waals surface area contributed by atoms with Crippen LogP contribution in [-0.2, 0) is 0 Å². The molecule has 2 rings (SSSR count). The third-order valence-electron chi connectivity index (χ3n) is 3.96. The number of aliphatic hydroxyl groups is 1. The van der Waals surface area contributed by atoms with E-state index in [0.717, 1.165) is 31.4 Å². The zero-order valence-electron chi connectivity index (χ0n) is 11.0. The second-order valence-corrected chi connectivity index (χ2v) is 5.30. The highest BCUT2D eigenvalue weighted by atomic mass is 16.3. The van der Waals surface area contributed by atoms with Gasteiger partial charge in [-0.1, -0.05) is 31.0 Å². The average Bonchev–Trinajstić information content (AvgIpc) is 2.38. The second kappa shape index (κ2) is 6.21. The van der Waals surface area contributed by atoms with Crippen molar-refractivity contribution in [3.63, 3.8) is 0 Å². The van der Waals surface area contributed by atoms with Gasteiger partial charge in [-0.3, -0.25) is 0 Å². The van der Waals surface area contributed by atoms with Gasteiger partial charge in [0.2, 0.25) is 0 Å². The molecular formula is C15H23NO2. The second-order valence-electron chi connectivity index (χ2n) is 5.30. The van der Waals surface area contributed by atoms with E-state index < -0.39 is 0 Å². The molecule has 18 heavy (non-hydrogen) atoms. The van der Waals surface area contributed by atoms with Gasteiger partial charge in [0.1, 0.15) is 5.75 Å². The number of hydrogen-bond donors (Lipinski definition) is 3. The van der Waals surface area contributed by atoms with Crippen molar-refractivity contribution in [2.75, 3.05) is 6.54 Å². The van der Waals surface area contributed by atoms with E-state index in [0.29, 0.717) is 11.7 Å². The smallest absolute Gasteiger partial charge is 0.120 e. The Labute approximate surface area is 109 Å². The third-order valence-corrected chi connectivity index (χ3v) is 3.96. The van der Waals surface area contributed by atoms with Crippen molar-refractivity contribution in [1.82, 2.24) is 5.32 Å². The van der Waals surface area contributed by atoms with E-state index in [1.807, 2.05) is 25.1 Å². The number of phenols is 1. The Morgan fingerprint density at radius 2 is 2.00 bits per heavy atom. The molecule has 0 aliphatic heterocycles. The zero-order chi connectivity index (χ0) is 13.0. The molecule has 3 N–H and O–H groups in total. The number of benzene rings is 1. The fourth-order valence-electron chi connectivity index (χ4n) is 2.72. The molecule has 3 unspecified atom stereocenters. The van der Waals surface area contributed by atoms with Crippen molar-refractivity contribution in [1.29, 1.82) is 0 Å². The highest BCUT2D eigenvalue weighted by Gasteiger charge is 2.23. The quantitative estimate of drug-likeness (QED) is 0.769. The van der Waals surface area contributed by atoms with Crippen LogP contribution in [0.3, 0.4) is 0 Å². The molecule has 0 saturated heterocycles. The summed E-state index contributed by atoms with van der Waals surface area (Å²) in [6.07, 6.45) is 4.22. The molecule has 3 atom stereocenters. The van der Waals surface area contributed by atoms with Crippen LogP contribution in [-0.4, -0.2) is 22.9 Å². The normalized spacial score (nSPS) is 25.9. The number of para-hydroxylation sites is 1. The van der Waals surface area contributed by atoms with Crippen LogP contribution in [0.15, 0.2) is 24.3 Å². The highest BCUT2D eigenvalue weighted by Crippen LogP contribution is 2.26. The van der Waals surface area contributed by atoms with Gasteiger partial charge in [-0.15, -0.1) is 0 Å². The van der Waals surface area contributed by atoms with Gasteiger partial charge in [0.05, 0.1) is 6.10 Å². The molecule has 100 valence electrons. The Kier molecular flexibility index (Phi) is 4.61. The van der Waals surface area contributed by atoms with Gasteiger partial charge >= 0.3 is 0 Å². The topological polar surface area (TPSA) is 52.5 Å². The van der Waals surface area contributed by atoms with Crippen LogP contribution in [0.1, 0.15) is 44.2 Å². The van der Waals surface area contributed by atoms with Gasteiger partial charge in [-0.2, -0.15) is 0 Å². The first-order valence-electron chi connectivity index (χ1n) is 6.88. The monoisotopic (exact) mass is 249 g/mol. The lowest BCUT2D eigenvalue weighted by Crippen LogP contribution is -2.34. The maximum Gasteiger partial charge on any atom is 0.120 e. The van der Waals surface area contributed by atoms with Gasteiger partial charge in [-0.05, 0) is 31.7 Å². The molecule has 0 bridgehead atoms. The first kappa shape index (κ1) is 13.4. The molecule has 1 aromatic carbocycles. The van der Waals surface area contributed by atoms with Crippen molar-refractivity contribution in [2.45, 2.75) is 44.8 Å². The summed E-state index contributed by atoms with van der Waals surface area (Å²) in [4.78, 5) is 0. The van der Waals surface area contributed by atoms with Crippen LogP contribution < -0.4 is 5.32 Å². The first-order valence-corrected chi connectivity index (χ1v) is 6.88. The standard InChI is InChI=1S/C15H23NO2/c1-11(13-7-3-5-9-15(13)18)16-10-12-6-2-4-8-14(12)17/h3,5,7,9,11-12,14,16-18H,2,4,6,8,10H2,1H3. The fourth-order valence-corrected chi connectivity index (χ4v) is 2.72. The van der Waals surface area contributed by atoms with Gasteiger partial charge < -0.3 is 15.5 Å². The minimum atomic E-state index is -0.164. The zero-order valence-corrected chi connectivity index (χ0v) is 11.0. The summed E-state index contributed by atoms with van der Waals surface area (Å²) in [5.41, 5.74) is 0.919. The third kappa shape index (κ3) is 3.24. The Morgan fingerprint density at radius 1 is 1.28 bits per heavy atom. The van der Waals surface area contributed by atoms with Crippen molar-refractivity contribution >= 4 is 0 Å². The Balaban J connectivity index is 1.88. The highest BCUT2D eigenvalue weighted by molar-refractivity contribution is 5.34. The summed E-state index contributed by atoms with van der Waals surface area (Å²) < 4.78 is 0. The lowest BCUT2D eigenvalue weighted by Gasteiger charge is -2.29. The molecule has 0 heterocycles. The maximum atomic E-state index is 9.92. The number of aliphatic hydroxyl groups excluding tert-OH is 1. The summed E-state index contributed by atoms with van der Waals surface area (Å²) in [7, 11) is 0. The molecule has 0 radical (unpaired) electrons. The SMILES string of the molecule is CC(NCC1CCCCC1O)c1ccccc1O. The Morgan fingerprint density at radius 3 is 2.72 bits per heavy atom. The van der Waals surface area contributed by atoms with Crippen molar-refractivity contribution in [3.8, 4) is 5.75 Å². The minimum Gasteiger partial charge on any atom is -0.508 e. The van der Waals surface area contributed by atoms with Crippen LogP contribution >= 0.6 is 0 Å². The average molecular weight is 249 g/mol. The number of hydrogen-bond acceptors (Lipinski definition) is 3. The molecule has 1 fully saturated rings. The van der Waals surface area contributed by atoms with E-state index >= 15 is 0 Å². The van der Waals surface area contributed by atoms with Crippen molar-refractivity contribution < 1.29 is 10.2 Å². The summed E-state index contributed by atoms with van der Waals surface area (Å²) in [5, 5.41) is 23.1. The molecule has 3 heteroatoms. The van der Waals surface area contributed by atoms with E-state index in [4.69, 9.17) is 0 Å². The van der Waals surface area contributed by atoms with E-state index in [-0.39, 0.29) is 12.1 Å². The number of nitrogens with one attached hydrogen (secondary N) is 1. The van der Waals surface area contributed by atoms with Gasteiger partial charge in [0.25, 0.3) is 0 Å². The molecular weight excluding hydrogens is 226 g/mol. The van der Waals surface area contributed by atoms with Crippen LogP contribution in [0, 0.1) is 5.92 Å². The lowest BCUT2D eigenvalue weighted by atomic mass is 9.86. The van der Waals surface area contributed by atoms with Crippen LogP contribution in [0.4, 0.5) is 0 Å². The first-order chi connectivity index (χ1) is 8.68. The van der Waals surface area contributed by atoms with Crippen LogP contribution in [0.5, 0.6) is 5.75 Å². The van der Waals surface area contributed by atoms with Gasteiger partial charge in [0.15, 0.2) is 0 Å². The predicted octanol–water partition coefficient (Wildman–Crippen LogP) is 2.59. The van der Waals surface area contributed by atoms with E-state index in [1.54, 1.807) is 6.07 Å².